The van der Waals surface area contributed by atoms with Gasteiger partial charge in [0.25, 0.3) is 7.82 Å². The number of unbranched alkanes of at least 4 members (excludes halogenated alkanes) is 24. The van der Waals surface area contributed by atoms with Crippen LogP contribution in [0.15, 0.2) is 0 Å². The van der Waals surface area contributed by atoms with Crippen LogP contribution in [0.25, 0.3) is 0 Å². The summed E-state index contributed by atoms with van der Waals surface area (Å²) in [5.41, 5.74) is 0. The third-order valence-corrected chi connectivity index (χ3v) is 10.1. The van der Waals surface area contributed by atoms with Crippen LogP contribution in [0, 0.1) is 0 Å². The molecule has 0 N–H and O–H groups in total. The highest BCUT2D eigenvalue weighted by atomic mass is 31.2. The van der Waals surface area contributed by atoms with E-state index in [-0.39, 0.29) is 26.1 Å². The Hall–Kier alpha value is -0.990. The quantitative estimate of drug-likeness (QED) is 0.0267. The Balaban J connectivity index is 4.03. The maximum absolute atomic E-state index is 12.6. The Morgan fingerprint density at radius 2 is 0.900 bits per heavy atom. The number of phosphoric acid groups is 1. The average molecular weight is 734 g/mol. The lowest BCUT2D eigenvalue weighted by Gasteiger charge is -2.28. The van der Waals surface area contributed by atoms with E-state index < -0.39 is 32.5 Å². The van der Waals surface area contributed by atoms with Crippen LogP contribution in [0.4, 0.5) is 0 Å². The van der Waals surface area contributed by atoms with Gasteiger partial charge in [-0.3, -0.25) is 14.2 Å². The zero-order valence-corrected chi connectivity index (χ0v) is 34.3. The van der Waals surface area contributed by atoms with E-state index in [1.54, 1.807) is 0 Å². The van der Waals surface area contributed by atoms with E-state index in [0.29, 0.717) is 17.4 Å². The lowest BCUT2D eigenvalue weighted by molar-refractivity contribution is -0.870. The minimum atomic E-state index is -4.60. The number of carbonyl (C=O) groups excluding carboxylic acids is 2. The van der Waals surface area contributed by atoms with Crippen LogP contribution in [0.1, 0.15) is 194 Å². The van der Waals surface area contributed by atoms with Gasteiger partial charge in [0.2, 0.25) is 0 Å². The molecule has 0 aromatic heterocycles. The monoisotopic (exact) mass is 734 g/mol. The van der Waals surface area contributed by atoms with E-state index in [1.807, 2.05) is 21.1 Å². The van der Waals surface area contributed by atoms with Crippen molar-refractivity contribution in [3.05, 3.63) is 0 Å². The van der Waals surface area contributed by atoms with Crippen molar-refractivity contribution >= 4 is 19.8 Å². The molecule has 0 bridgehead atoms. The molecule has 0 saturated heterocycles. The molecule has 9 nitrogen and oxygen atoms in total. The van der Waals surface area contributed by atoms with E-state index in [1.165, 1.54) is 122 Å². The van der Waals surface area contributed by atoms with Crippen molar-refractivity contribution in [2.75, 3.05) is 47.5 Å². The predicted molar refractivity (Wildman–Crippen MR) is 204 cm³/mol. The number of esters is 2. The fourth-order valence-electron chi connectivity index (χ4n) is 5.83. The Morgan fingerprint density at radius 3 is 1.30 bits per heavy atom. The van der Waals surface area contributed by atoms with Gasteiger partial charge in [-0.05, 0) is 12.8 Å². The van der Waals surface area contributed by atoms with Crippen molar-refractivity contribution in [2.24, 2.45) is 0 Å². The topological polar surface area (TPSA) is 111 Å². The fraction of sp³-hybridized carbons (Fsp3) is 0.950. The Morgan fingerprint density at radius 1 is 0.540 bits per heavy atom. The number of likely N-dealkylation sites (N-methyl/N-ethyl adjacent to an activating group) is 1. The second-order valence-electron chi connectivity index (χ2n) is 15.4. The van der Waals surface area contributed by atoms with Gasteiger partial charge in [-0.2, -0.15) is 0 Å². The van der Waals surface area contributed by atoms with E-state index in [9.17, 15) is 19.0 Å². The van der Waals surface area contributed by atoms with E-state index in [4.69, 9.17) is 18.5 Å². The summed E-state index contributed by atoms with van der Waals surface area (Å²) in [5, 5.41) is 0. The van der Waals surface area contributed by atoms with Crippen LogP contribution in [0.5, 0.6) is 0 Å². The largest absolute Gasteiger partial charge is 0.756 e. The highest BCUT2D eigenvalue weighted by Gasteiger charge is 2.21. The Bertz CT molecular complexity index is 835. The van der Waals surface area contributed by atoms with Gasteiger partial charge in [-0.1, -0.05) is 168 Å². The van der Waals surface area contributed by atoms with Gasteiger partial charge in [0.15, 0.2) is 6.10 Å². The molecular weight excluding hydrogens is 653 g/mol. The summed E-state index contributed by atoms with van der Waals surface area (Å²) in [4.78, 5) is 37.0. The molecule has 0 aliphatic rings. The van der Waals surface area contributed by atoms with Crippen LogP contribution in [-0.2, 0) is 32.7 Å². The summed E-state index contributed by atoms with van der Waals surface area (Å²) in [6.45, 7) is 4.11. The van der Waals surface area contributed by atoms with E-state index in [2.05, 4.69) is 13.8 Å². The molecule has 50 heavy (non-hydrogen) atoms. The predicted octanol–water partition coefficient (Wildman–Crippen LogP) is 10.6. The molecule has 0 saturated carbocycles. The number of hydrogen-bond donors (Lipinski definition) is 0. The maximum atomic E-state index is 12.6. The van der Waals surface area contributed by atoms with Gasteiger partial charge in [0.1, 0.15) is 19.8 Å². The number of ether oxygens (including phenoxy) is 2. The molecular formula is C40H80NO8P. The van der Waals surface area contributed by atoms with Crippen LogP contribution in [0.2, 0.25) is 0 Å². The molecule has 10 heteroatoms. The number of phosphoric ester groups is 1. The maximum Gasteiger partial charge on any atom is 0.306 e. The minimum absolute atomic E-state index is 0.0268. The third kappa shape index (κ3) is 36.8. The van der Waals surface area contributed by atoms with Crippen LogP contribution >= 0.6 is 7.82 Å². The molecule has 0 amide bonds. The molecule has 2 unspecified atom stereocenters. The van der Waals surface area contributed by atoms with Gasteiger partial charge in [0, 0.05) is 12.8 Å². The highest BCUT2D eigenvalue weighted by molar-refractivity contribution is 7.45. The van der Waals surface area contributed by atoms with Gasteiger partial charge < -0.3 is 27.9 Å². The molecule has 0 aliphatic heterocycles. The summed E-state index contributed by atoms with van der Waals surface area (Å²) in [6.07, 6.45) is 32.0. The minimum Gasteiger partial charge on any atom is -0.756 e. The summed E-state index contributed by atoms with van der Waals surface area (Å²) < 4.78 is 33.5. The standard InChI is InChI=1S/C40H80NO8P/c1-6-8-10-12-13-14-15-16-17-18-19-20-21-22-23-24-25-26-27-28-29-31-33-40(43)49-38(36-46-39(42)32-30-11-9-7-2)37-48-50(44,45)47-35-34-41(3,4)5/h38H,6-37H2,1-5H3. The molecule has 0 aromatic rings. The second-order valence-corrected chi connectivity index (χ2v) is 16.8. The van der Waals surface area contributed by atoms with Gasteiger partial charge >= 0.3 is 11.9 Å². The molecule has 0 spiro atoms. The number of carbonyl (C=O) groups is 2. The number of quaternary nitrogens is 1. The molecule has 2 atom stereocenters. The molecule has 0 aliphatic carbocycles. The van der Waals surface area contributed by atoms with E-state index in [0.717, 1.165) is 38.5 Å². The van der Waals surface area contributed by atoms with Crippen molar-refractivity contribution in [2.45, 2.75) is 200 Å². The third-order valence-electron chi connectivity index (χ3n) is 9.13. The molecule has 0 rings (SSSR count). The second kappa shape index (κ2) is 33.8. The van der Waals surface area contributed by atoms with Crippen molar-refractivity contribution in [1.29, 1.82) is 0 Å². The zero-order valence-electron chi connectivity index (χ0n) is 33.4. The van der Waals surface area contributed by atoms with Crippen molar-refractivity contribution in [3.8, 4) is 0 Å². The normalized spacial score (nSPS) is 13.6. The Labute approximate surface area is 308 Å². The highest BCUT2D eigenvalue weighted by Crippen LogP contribution is 2.38. The van der Waals surface area contributed by atoms with Gasteiger partial charge in [0.05, 0.1) is 27.7 Å². The first-order valence-electron chi connectivity index (χ1n) is 20.7. The van der Waals surface area contributed by atoms with Crippen LogP contribution in [-0.4, -0.2) is 70.0 Å². The Kier molecular flexibility index (Phi) is 33.2. The fourth-order valence-corrected chi connectivity index (χ4v) is 6.56. The average Bonchev–Trinajstić information content (AvgIpc) is 3.06. The summed E-state index contributed by atoms with van der Waals surface area (Å²) in [7, 11) is 1.17. The first-order chi connectivity index (χ1) is 24.0. The van der Waals surface area contributed by atoms with Crippen molar-refractivity contribution in [3.63, 3.8) is 0 Å². The summed E-state index contributed by atoms with van der Waals surface area (Å²) >= 11 is 0. The van der Waals surface area contributed by atoms with Crippen molar-refractivity contribution in [1.82, 2.24) is 0 Å². The first-order valence-corrected chi connectivity index (χ1v) is 22.2. The van der Waals surface area contributed by atoms with Gasteiger partial charge in [-0.25, -0.2) is 0 Å². The lowest BCUT2D eigenvalue weighted by atomic mass is 10.0. The van der Waals surface area contributed by atoms with Gasteiger partial charge in [-0.15, -0.1) is 0 Å². The molecule has 298 valence electrons. The summed E-state index contributed by atoms with van der Waals surface area (Å²) in [6, 6.07) is 0. The number of rotatable bonds is 38. The zero-order chi connectivity index (χ0) is 37.2. The molecule has 0 radical (unpaired) electrons. The number of hydrogen-bond acceptors (Lipinski definition) is 8. The molecule has 0 aromatic carbocycles. The smallest absolute Gasteiger partial charge is 0.306 e. The first kappa shape index (κ1) is 49.0. The molecule has 0 heterocycles. The van der Waals surface area contributed by atoms with E-state index >= 15 is 0 Å². The lowest BCUT2D eigenvalue weighted by Crippen LogP contribution is -2.37. The SMILES string of the molecule is CCCCCCCCCCCCCCCCCCCCCCCCC(=O)OC(COC(=O)CCCCCC)COP(=O)([O-])OCC[N+](C)(C)C. The van der Waals surface area contributed by atoms with Crippen molar-refractivity contribution < 1.29 is 42.1 Å². The number of nitrogens with zero attached hydrogens (tertiary/aromatic N) is 1. The summed E-state index contributed by atoms with van der Waals surface area (Å²) in [5.74, 6) is -0.844. The molecule has 0 fully saturated rings. The van der Waals surface area contributed by atoms with Crippen LogP contribution in [0.3, 0.4) is 0 Å². The van der Waals surface area contributed by atoms with Crippen LogP contribution < -0.4 is 4.89 Å².